The molecule has 0 unspecified atom stereocenters. The van der Waals surface area contributed by atoms with Gasteiger partial charge < -0.3 is 10.6 Å². The quantitative estimate of drug-likeness (QED) is 0.862. The molecular weight excluding hydrogens is 323 g/mol. The molecule has 1 aliphatic heterocycles. The van der Waals surface area contributed by atoms with Crippen LogP contribution in [-0.2, 0) is 0 Å². The molecule has 0 aliphatic carbocycles. The first-order valence-corrected chi connectivity index (χ1v) is 6.99. The van der Waals surface area contributed by atoms with Crippen molar-refractivity contribution >= 4 is 18.3 Å². The maximum absolute atomic E-state index is 12.9. The molecule has 23 heavy (non-hydrogen) atoms. The highest BCUT2D eigenvalue weighted by molar-refractivity contribution is 5.92. The highest BCUT2D eigenvalue weighted by Gasteiger charge is 2.18. The molecule has 8 heteroatoms. The van der Waals surface area contributed by atoms with E-state index in [0.717, 1.165) is 17.8 Å². The van der Waals surface area contributed by atoms with E-state index >= 15 is 0 Å². The molecule has 1 aromatic heterocycles. The maximum atomic E-state index is 12.9. The molecule has 0 bridgehead atoms. The zero-order valence-corrected chi connectivity index (χ0v) is 13.0. The number of carbonyl (C=O) groups is 1. The zero-order chi connectivity index (χ0) is 15.5. The van der Waals surface area contributed by atoms with Crippen LogP contribution >= 0.6 is 12.4 Å². The highest BCUT2D eigenvalue weighted by Crippen LogP contribution is 2.06. The van der Waals surface area contributed by atoms with Crippen LogP contribution < -0.4 is 16.2 Å². The third kappa shape index (κ3) is 3.94. The summed E-state index contributed by atoms with van der Waals surface area (Å²) < 4.78 is 14.0. The van der Waals surface area contributed by atoms with Gasteiger partial charge in [0, 0.05) is 31.6 Å². The lowest BCUT2D eigenvalue weighted by molar-refractivity contribution is 0.0935. The number of nitrogens with one attached hydrogen (secondary N) is 2. The van der Waals surface area contributed by atoms with Crippen LogP contribution in [0.3, 0.4) is 0 Å². The van der Waals surface area contributed by atoms with Crippen molar-refractivity contribution in [2.24, 2.45) is 5.92 Å². The third-order valence-corrected chi connectivity index (χ3v) is 3.52. The van der Waals surface area contributed by atoms with Crippen LogP contribution in [0.25, 0.3) is 5.69 Å². The van der Waals surface area contributed by atoms with Gasteiger partial charge in [-0.05, 0) is 30.3 Å². The molecule has 1 saturated heterocycles. The molecule has 1 amide bonds. The minimum Gasteiger partial charge on any atom is -0.350 e. The molecule has 2 N–H and O–H groups in total. The van der Waals surface area contributed by atoms with Crippen molar-refractivity contribution in [3.8, 4) is 5.69 Å². The zero-order valence-electron chi connectivity index (χ0n) is 12.2. The number of hydrogen-bond donors (Lipinski definition) is 2. The van der Waals surface area contributed by atoms with E-state index in [-0.39, 0.29) is 29.6 Å². The fourth-order valence-electron chi connectivity index (χ4n) is 2.12. The van der Waals surface area contributed by atoms with E-state index in [1.807, 2.05) is 0 Å². The van der Waals surface area contributed by atoms with Gasteiger partial charge in [0.2, 0.25) is 0 Å². The van der Waals surface area contributed by atoms with Gasteiger partial charge in [-0.1, -0.05) is 0 Å². The summed E-state index contributed by atoms with van der Waals surface area (Å²) in [5.74, 6) is -0.297. The molecule has 0 atom stereocenters. The summed E-state index contributed by atoms with van der Waals surface area (Å²) in [7, 11) is 0. The number of amides is 1. The predicted octanol–water partition coefficient (Wildman–Crippen LogP) is 0.743. The Morgan fingerprint density at radius 1 is 1.26 bits per heavy atom. The van der Waals surface area contributed by atoms with E-state index < -0.39 is 5.82 Å². The van der Waals surface area contributed by atoms with E-state index in [0.29, 0.717) is 18.2 Å². The Morgan fingerprint density at radius 2 is 1.96 bits per heavy atom. The second-order valence-electron chi connectivity index (χ2n) is 5.18. The Morgan fingerprint density at radius 3 is 2.57 bits per heavy atom. The van der Waals surface area contributed by atoms with Gasteiger partial charge in [0.15, 0.2) is 0 Å². The normalized spacial score (nSPS) is 13.8. The molecule has 0 spiro atoms. The van der Waals surface area contributed by atoms with Gasteiger partial charge >= 0.3 is 0 Å². The number of aromatic nitrogens is 2. The molecular formula is C15H16ClFN4O2. The molecule has 6 nitrogen and oxygen atoms in total. The van der Waals surface area contributed by atoms with Gasteiger partial charge in [-0.25, -0.2) is 4.39 Å². The largest absolute Gasteiger partial charge is 0.350 e. The highest BCUT2D eigenvalue weighted by atomic mass is 35.5. The first-order chi connectivity index (χ1) is 10.6. The standard InChI is InChI=1S/C15H15FN4O2.ClH/c16-11-1-3-12(4-2-11)20-14(21)6-5-13(19-20)15(22)18-9-10-7-17-8-10;/h1-6,10,17H,7-9H2,(H,18,22);1H. The molecule has 2 aromatic rings. The van der Waals surface area contributed by atoms with Crippen LogP contribution in [0.15, 0.2) is 41.2 Å². The third-order valence-electron chi connectivity index (χ3n) is 3.52. The summed E-state index contributed by atoms with van der Waals surface area (Å²) in [5.41, 5.74) is 0.173. The fourth-order valence-corrected chi connectivity index (χ4v) is 2.12. The van der Waals surface area contributed by atoms with Crippen LogP contribution in [-0.4, -0.2) is 35.3 Å². The van der Waals surface area contributed by atoms with E-state index in [1.165, 1.54) is 36.4 Å². The average Bonchev–Trinajstić information content (AvgIpc) is 2.47. The number of hydrogen-bond acceptors (Lipinski definition) is 4. The summed E-state index contributed by atoms with van der Waals surface area (Å²) >= 11 is 0. The van der Waals surface area contributed by atoms with Crippen molar-refractivity contribution in [2.75, 3.05) is 19.6 Å². The first kappa shape index (κ1) is 17.1. The minimum absolute atomic E-state index is 0. The summed E-state index contributed by atoms with van der Waals surface area (Å²) in [6.45, 7) is 2.36. The molecule has 122 valence electrons. The van der Waals surface area contributed by atoms with Crippen molar-refractivity contribution in [1.29, 1.82) is 0 Å². The number of rotatable bonds is 4. The van der Waals surface area contributed by atoms with Gasteiger partial charge in [0.05, 0.1) is 5.69 Å². The molecule has 1 aromatic carbocycles. The van der Waals surface area contributed by atoms with E-state index in [9.17, 15) is 14.0 Å². The smallest absolute Gasteiger partial charge is 0.271 e. The lowest BCUT2D eigenvalue weighted by Gasteiger charge is -2.26. The molecule has 1 fully saturated rings. The Hall–Kier alpha value is -2.25. The molecule has 1 aliphatic rings. The van der Waals surface area contributed by atoms with Gasteiger partial charge in [0.1, 0.15) is 11.5 Å². The average molecular weight is 339 g/mol. The van der Waals surface area contributed by atoms with E-state index in [2.05, 4.69) is 15.7 Å². The summed E-state index contributed by atoms with van der Waals surface area (Å²) in [6.07, 6.45) is 0. The van der Waals surface area contributed by atoms with Crippen molar-refractivity contribution < 1.29 is 9.18 Å². The van der Waals surface area contributed by atoms with Crippen LogP contribution in [0.5, 0.6) is 0 Å². The first-order valence-electron chi connectivity index (χ1n) is 6.99. The Bertz CT molecular complexity index is 744. The predicted molar refractivity (Wildman–Crippen MR) is 85.7 cm³/mol. The SMILES string of the molecule is Cl.O=C(NCC1CNC1)c1ccc(=O)n(-c2ccc(F)cc2)n1. The number of carbonyl (C=O) groups excluding carboxylic acids is 1. The van der Waals surface area contributed by atoms with Gasteiger partial charge in [-0.3, -0.25) is 9.59 Å². The second-order valence-corrected chi connectivity index (χ2v) is 5.18. The van der Waals surface area contributed by atoms with Gasteiger partial charge in [-0.2, -0.15) is 9.78 Å². The summed E-state index contributed by atoms with van der Waals surface area (Å²) in [6, 6.07) is 8.00. The van der Waals surface area contributed by atoms with Crippen molar-refractivity contribution in [2.45, 2.75) is 0 Å². The van der Waals surface area contributed by atoms with Crippen LogP contribution in [0.1, 0.15) is 10.5 Å². The lowest BCUT2D eigenvalue weighted by Crippen LogP contribution is -2.48. The Balaban J connectivity index is 0.00000192. The number of nitrogens with zero attached hydrogens (tertiary/aromatic N) is 2. The second kappa shape index (κ2) is 7.34. The molecule has 0 radical (unpaired) electrons. The summed E-state index contributed by atoms with van der Waals surface area (Å²) in [5, 5.41) is 9.96. The van der Waals surface area contributed by atoms with E-state index in [4.69, 9.17) is 0 Å². The van der Waals surface area contributed by atoms with Crippen LogP contribution in [0, 0.1) is 11.7 Å². The summed E-state index contributed by atoms with van der Waals surface area (Å²) in [4.78, 5) is 23.9. The fraction of sp³-hybridized carbons (Fsp3) is 0.267. The van der Waals surface area contributed by atoms with Crippen molar-refractivity contribution in [1.82, 2.24) is 20.4 Å². The van der Waals surface area contributed by atoms with Gasteiger partial charge in [-0.15, -0.1) is 12.4 Å². The topological polar surface area (TPSA) is 76.0 Å². The molecule has 3 rings (SSSR count). The van der Waals surface area contributed by atoms with E-state index in [1.54, 1.807) is 0 Å². The number of halogens is 2. The molecule has 0 saturated carbocycles. The Kier molecular flexibility index (Phi) is 5.46. The maximum Gasteiger partial charge on any atom is 0.271 e. The minimum atomic E-state index is -0.403. The number of benzene rings is 1. The van der Waals surface area contributed by atoms with Crippen molar-refractivity contribution in [3.05, 3.63) is 58.3 Å². The molecule has 2 heterocycles. The monoisotopic (exact) mass is 338 g/mol. The van der Waals surface area contributed by atoms with Crippen molar-refractivity contribution in [3.63, 3.8) is 0 Å². The van der Waals surface area contributed by atoms with Crippen LogP contribution in [0.4, 0.5) is 4.39 Å². The van der Waals surface area contributed by atoms with Crippen LogP contribution in [0.2, 0.25) is 0 Å². The van der Waals surface area contributed by atoms with Gasteiger partial charge in [0.25, 0.3) is 11.5 Å². The lowest BCUT2D eigenvalue weighted by atomic mass is 10.0. The Labute approximate surface area is 138 Å².